The first-order valence-corrected chi connectivity index (χ1v) is 7.88. The van der Waals surface area contributed by atoms with Crippen LogP contribution in [0.2, 0.25) is 0 Å². The number of benzene rings is 1. The molecule has 0 saturated carbocycles. The largest absolute Gasteiger partial charge is 0.372 e. The Labute approximate surface area is 131 Å². The molecule has 1 atom stereocenters. The highest BCUT2D eigenvalue weighted by Gasteiger charge is 2.17. The van der Waals surface area contributed by atoms with Gasteiger partial charge in [-0.2, -0.15) is 0 Å². The van der Waals surface area contributed by atoms with Crippen LogP contribution in [0, 0.1) is 10.1 Å². The van der Waals surface area contributed by atoms with Gasteiger partial charge in [-0.1, -0.05) is 15.9 Å². The summed E-state index contributed by atoms with van der Waals surface area (Å²) in [5.74, 6) is 0. The first-order valence-electron chi connectivity index (χ1n) is 5.42. The van der Waals surface area contributed by atoms with Crippen LogP contribution in [0.1, 0.15) is 17.8 Å². The van der Waals surface area contributed by atoms with Gasteiger partial charge in [-0.3, -0.25) is 10.1 Å². The summed E-state index contributed by atoms with van der Waals surface area (Å²) in [6.45, 7) is 1.98. The lowest BCUT2D eigenvalue weighted by atomic mass is 10.2. The van der Waals surface area contributed by atoms with E-state index in [1.54, 1.807) is 23.5 Å². The molecule has 0 aliphatic carbocycles. The highest BCUT2D eigenvalue weighted by molar-refractivity contribution is 9.10. The molecule has 2 rings (SSSR count). The van der Waals surface area contributed by atoms with Crippen LogP contribution >= 0.6 is 43.2 Å². The van der Waals surface area contributed by atoms with E-state index in [1.165, 1.54) is 6.07 Å². The van der Waals surface area contributed by atoms with E-state index in [0.717, 1.165) is 9.35 Å². The molecule has 100 valence electrons. The summed E-state index contributed by atoms with van der Waals surface area (Å²) in [4.78, 5) is 11.8. The van der Waals surface area contributed by atoms with Gasteiger partial charge in [0.2, 0.25) is 0 Å². The third-order valence-corrected chi connectivity index (χ3v) is 4.91. The monoisotopic (exact) mass is 404 g/mol. The minimum Gasteiger partial charge on any atom is -0.372 e. The maximum atomic E-state index is 11.0. The van der Waals surface area contributed by atoms with Gasteiger partial charge in [0.15, 0.2) is 0 Å². The molecule has 19 heavy (non-hydrogen) atoms. The van der Waals surface area contributed by atoms with E-state index in [9.17, 15) is 10.1 Å². The summed E-state index contributed by atoms with van der Waals surface area (Å²) in [7, 11) is 0. The van der Waals surface area contributed by atoms with Gasteiger partial charge in [-0.15, -0.1) is 11.3 Å². The second-order valence-corrected chi connectivity index (χ2v) is 6.73. The molecule has 1 N–H and O–H groups in total. The van der Waals surface area contributed by atoms with Gasteiger partial charge in [-0.05, 0) is 41.1 Å². The van der Waals surface area contributed by atoms with Crippen LogP contribution in [0.25, 0.3) is 0 Å². The second-order valence-electron chi connectivity index (χ2n) is 3.95. The summed E-state index contributed by atoms with van der Waals surface area (Å²) in [6.07, 6.45) is 0. The SMILES string of the molecule is CC(Nc1ccc(Br)cc1[N+](=O)[O-])c1cc(Br)cs1. The van der Waals surface area contributed by atoms with E-state index in [0.29, 0.717) is 10.2 Å². The van der Waals surface area contributed by atoms with Crippen molar-refractivity contribution in [2.24, 2.45) is 0 Å². The number of nitro benzene ring substituents is 1. The number of thiophene rings is 1. The first kappa shape index (κ1) is 14.5. The molecule has 4 nitrogen and oxygen atoms in total. The van der Waals surface area contributed by atoms with Crippen LogP contribution in [0.15, 0.2) is 38.6 Å². The molecule has 0 saturated heterocycles. The average molecular weight is 406 g/mol. The van der Waals surface area contributed by atoms with E-state index < -0.39 is 0 Å². The number of anilines is 1. The van der Waals surface area contributed by atoms with Crippen molar-refractivity contribution in [2.45, 2.75) is 13.0 Å². The number of halogens is 2. The van der Waals surface area contributed by atoms with Gasteiger partial charge in [0, 0.05) is 25.3 Å². The number of nitrogens with one attached hydrogen (secondary N) is 1. The van der Waals surface area contributed by atoms with Gasteiger partial charge >= 0.3 is 0 Å². The number of hydrogen-bond donors (Lipinski definition) is 1. The minimum absolute atomic E-state index is 0.0103. The Hall–Kier alpha value is -0.920. The van der Waals surface area contributed by atoms with Crippen molar-refractivity contribution in [2.75, 3.05) is 5.32 Å². The zero-order valence-corrected chi connectivity index (χ0v) is 13.9. The number of nitrogens with zero attached hydrogens (tertiary/aromatic N) is 1. The molecule has 1 aromatic carbocycles. The van der Waals surface area contributed by atoms with Crippen molar-refractivity contribution in [3.8, 4) is 0 Å². The molecule has 1 aromatic heterocycles. The molecule has 0 aliphatic rings. The van der Waals surface area contributed by atoms with E-state index in [4.69, 9.17) is 0 Å². The summed E-state index contributed by atoms with van der Waals surface area (Å²) in [5.41, 5.74) is 0.585. The highest BCUT2D eigenvalue weighted by atomic mass is 79.9. The molecular weight excluding hydrogens is 396 g/mol. The fourth-order valence-electron chi connectivity index (χ4n) is 1.64. The van der Waals surface area contributed by atoms with Gasteiger partial charge in [0.05, 0.1) is 11.0 Å². The van der Waals surface area contributed by atoms with Gasteiger partial charge in [-0.25, -0.2) is 0 Å². The Balaban J connectivity index is 2.26. The molecule has 0 radical (unpaired) electrons. The van der Waals surface area contributed by atoms with E-state index >= 15 is 0 Å². The molecule has 0 amide bonds. The fourth-order valence-corrected chi connectivity index (χ4v) is 3.44. The van der Waals surface area contributed by atoms with Crippen LogP contribution in [0.4, 0.5) is 11.4 Å². The van der Waals surface area contributed by atoms with E-state index in [2.05, 4.69) is 37.2 Å². The third-order valence-electron chi connectivity index (χ3n) is 2.54. The van der Waals surface area contributed by atoms with Gasteiger partial charge in [0.1, 0.15) is 5.69 Å². The number of hydrogen-bond acceptors (Lipinski definition) is 4. The van der Waals surface area contributed by atoms with Crippen molar-refractivity contribution in [1.29, 1.82) is 0 Å². The second kappa shape index (κ2) is 6.02. The van der Waals surface area contributed by atoms with Crippen molar-refractivity contribution < 1.29 is 4.92 Å². The van der Waals surface area contributed by atoms with Crippen molar-refractivity contribution in [3.05, 3.63) is 53.6 Å². The summed E-state index contributed by atoms with van der Waals surface area (Å²) in [6, 6.07) is 7.01. The first-order chi connectivity index (χ1) is 8.97. The Bertz CT molecular complexity index is 616. The van der Waals surface area contributed by atoms with Crippen LogP contribution in [0.5, 0.6) is 0 Å². The topological polar surface area (TPSA) is 55.2 Å². The lowest BCUT2D eigenvalue weighted by molar-refractivity contribution is -0.384. The van der Waals surface area contributed by atoms with Gasteiger partial charge < -0.3 is 5.32 Å². The maximum Gasteiger partial charge on any atom is 0.293 e. The normalized spacial score (nSPS) is 12.2. The van der Waals surface area contributed by atoms with Crippen LogP contribution in [-0.4, -0.2) is 4.92 Å². The highest BCUT2D eigenvalue weighted by Crippen LogP contribution is 2.33. The summed E-state index contributed by atoms with van der Waals surface area (Å²) >= 11 is 8.25. The Morgan fingerprint density at radius 1 is 1.32 bits per heavy atom. The lowest BCUT2D eigenvalue weighted by Crippen LogP contribution is -2.06. The molecule has 0 bridgehead atoms. The predicted molar refractivity (Wildman–Crippen MR) is 84.9 cm³/mol. The Morgan fingerprint density at radius 3 is 2.63 bits per heavy atom. The Morgan fingerprint density at radius 2 is 2.05 bits per heavy atom. The zero-order chi connectivity index (χ0) is 14.0. The fraction of sp³-hybridized carbons (Fsp3) is 0.167. The van der Waals surface area contributed by atoms with Gasteiger partial charge in [0.25, 0.3) is 5.69 Å². The molecule has 1 unspecified atom stereocenters. The van der Waals surface area contributed by atoms with Crippen molar-refractivity contribution in [3.63, 3.8) is 0 Å². The van der Waals surface area contributed by atoms with Crippen LogP contribution in [0.3, 0.4) is 0 Å². The minimum atomic E-state index is -0.385. The predicted octanol–water partition coefficient (Wildman–Crippen LogP) is 5.35. The zero-order valence-electron chi connectivity index (χ0n) is 9.89. The van der Waals surface area contributed by atoms with E-state index in [1.807, 2.05) is 18.4 Å². The standard InChI is InChI=1S/C12H10Br2N2O2S/c1-7(12-5-9(14)6-19-12)15-10-3-2-8(13)4-11(10)16(17)18/h2-7,15H,1H3. The lowest BCUT2D eigenvalue weighted by Gasteiger charge is -2.13. The van der Waals surface area contributed by atoms with Crippen molar-refractivity contribution >= 4 is 54.6 Å². The Kier molecular flexibility index (Phi) is 4.59. The maximum absolute atomic E-state index is 11.0. The quantitative estimate of drug-likeness (QED) is 0.550. The molecule has 1 heterocycles. The smallest absolute Gasteiger partial charge is 0.293 e. The van der Waals surface area contributed by atoms with Crippen LogP contribution in [-0.2, 0) is 0 Å². The van der Waals surface area contributed by atoms with E-state index in [-0.39, 0.29) is 16.7 Å². The van der Waals surface area contributed by atoms with Crippen LogP contribution < -0.4 is 5.32 Å². The molecule has 0 fully saturated rings. The molecular formula is C12H10Br2N2O2S. The molecule has 0 aliphatic heterocycles. The number of nitro groups is 1. The summed E-state index contributed by atoms with van der Waals surface area (Å²) in [5, 5.41) is 16.2. The van der Waals surface area contributed by atoms with Crippen molar-refractivity contribution in [1.82, 2.24) is 0 Å². The summed E-state index contributed by atoms with van der Waals surface area (Å²) < 4.78 is 1.71. The average Bonchev–Trinajstić information content (AvgIpc) is 2.78. The number of rotatable bonds is 4. The molecule has 7 heteroatoms. The third kappa shape index (κ3) is 3.55. The molecule has 2 aromatic rings. The molecule has 0 spiro atoms.